The van der Waals surface area contributed by atoms with E-state index in [1.807, 2.05) is 60.7 Å². The van der Waals surface area contributed by atoms with Crippen molar-refractivity contribution < 1.29 is 54.6 Å². The molecule has 17 heteroatoms. The molecule has 418 valence electrons. The molecule has 6 aromatic carbocycles. The lowest BCUT2D eigenvalue weighted by Gasteiger charge is -2.24. The molecule has 79 heavy (non-hydrogen) atoms. The van der Waals surface area contributed by atoms with E-state index in [0.29, 0.717) is 11.1 Å². The Bertz CT molecular complexity index is 3020. The first-order chi connectivity index (χ1) is 37.2. The van der Waals surface area contributed by atoms with Crippen molar-refractivity contribution >= 4 is 100 Å². The lowest BCUT2D eigenvalue weighted by molar-refractivity contribution is -0.154. The number of carbonyl (C=O) groups is 6. The SMILES string of the molecule is C[C@H](O)C(=O)OCc1ccccc1.C[C@H](OC(=O)c1ccc(C(=O)Nc2cc([Si](C)(C)C)cc([Si](C)(C)C)c2)cc1)C(=O)OCc1ccccc1.C[Si](C)(C)c1cc(NC(=O)c2ccc(C(=O)O)cc2)cc([Si](C)(C)C)c1.[2H]C#C. The maximum absolute atomic E-state index is 13.0. The second kappa shape index (κ2) is 29.5. The van der Waals surface area contributed by atoms with Crippen LogP contribution in [0.2, 0.25) is 78.6 Å². The molecular weight excluding hydrogens is 1060 g/mol. The molecule has 2 amide bonds. The molecule has 0 aromatic heterocycles. The number of rotatable bonds is 17. The highest BCUT2D eigenvalue weighted by Crippen LogP contribution is 2.17. The zero-order chi connectivity index (χ0) is 60.2. The number of aliphatic hydroxyl groups is 1. The van der Waals surface area contributed by atoms with E-state index in [2.05, 4.69) is 132 Å². The number of aromatic carboxylic acids is 1. The number of nitrogens with one attached hydrogen (secondary N) is 2. The van der Waals surface area contributed by atoms with Gasteiger partial charge in [-0.1, -0.05) is 172 Å². The van der Waals surface area contributed by atoms with E-state index in [0.717, 1.165) is 22.5 Å². The molecule has 4 N–H and O–H groups in total. The smallest absolute Gasteiger partial charge is 0.347 e. The molecule has 6 rings (SSSR count). The first-order valence-electron chi connectivity index (χ1n) is 26.3. The van der Waals surface area contributed by atoms with Gasteiger partial charge in [-0.2, -0.15) is 0 Å². The monoisotopic (exact) mass is 1140 g/mol. The Morgan fingerprint density at radius 1 is 0.494 bits per heavy atom. The van der Waals surface area contributed by atoms with E-state index >= 15 is 0 Å². The van der Waals surface area contributed by atoms with Crippen LogP contribution in [0.25, 0.3) is 0 Å². The summed E-state index contributed by atoms with van der Waals surface area (Å²) in [5.41, 5.74) is 4.64. The van der Waals surface area contributed by atoms with Crippen molar-refractivity contribution in [2.75, 3.05) is 10.6 Å². The predicted molar refractivity (Wildman–Crippen MR) is 329 cm³/mol. The van der Waals surface area contributed by atoms with Crippen LogP contribution in [-0.2, 0) is 37.0 Å². The van der Waals surface area contributed by atoms with Crippen molar-refractivity contribution in [1.82, 2.24) is 0 Å². The minimum atomic E-state index is -1.58. The Labute approximate surface area is 472 Å². The van der Waals surface area contributed by atoms with Crippen LogP contribution in [0, 0.1) is 12.8 Å². The zero-order valence-electron chi connectivity index (χ0n) is 49.1. The van der Waals surface area contributed by atoms with Gasteiger partial charge in [0.2, 0.25) is 0 Å². The number of hydrogen-bond donors (Lipinski definition) is 4. The van der Waals surface area contributed by atoms with E-state index in [9.17, 15) is 28.8 Å². The highest BCUT2D eigenvalue weighted by atomic mass is 28.3. The second-order valence-electron chi connectivity index (χ2n) is 22.9. The van der Waals surface area contributed by atoms with Crippen molar-refractivity contribution in [2.45, 2.75) is 118 Å². The lowest BCUT2D eigenvalue weighted by atomic mass is 10.1. The van der Waals surface area contributed by atoms with Crippen LogP contribution < -0.4 is 31.4 Å². The van der Waals surface area contributed by atoms with Crippen molar-refractivity contribution in [1.29, 1.82) is 0 Å². The van der Waals surface area contributed by atoms with Crippen LogP contribution in [0.15, 0.2) is 146 Å². The number of esters is 3. The van der Waals surface area contributed by atoms with Gasteiger partial charge in [0.15, 0.2) is 6.10 Å². The van der Waals surface area contributed by atoms with Gasteiger partial charge in [0.05, 0.1) is 43.4 Å². The largest absolute Gasteiger partial charge is 0.478 e. The van der Waals surface area contributed by atoms with Gasteiger partial charge < -0.3 is 35.1 Å². The fraction of sp³-hybridized carbons (Fsp3) is 0.290. The fourth-order valence-corrected chi connectivity index (χ4v) is 12.0. The van der Waals surface area contributed by atoms with Crippen LogP contribution in [0.5, 0.6) is 0 Å². The van der Waals surface area contributed by atoms with Gasteiger partial charge in [0.1, 0.15) is 20.7 Å². The number of carboxylic acid groups (broad SMARTS) is 1. The molecule has 0 unspecified atom stereocenters. The highest BCUT2D eigenvalue weighted by molar-refractivity contribution is 6.92. The van der Waals surface area contributed by atoms with E-state index in [1.165, 1.54) is 65.3 Å². The lowest BCUT2D eigenvalue weighted by Crippen LogP contribution is -2.45. The van der Waals surface area contributed by atoms with Crippen LogP contribution >= 0.6 is 0 Å². The second-order valence-corrected chi connectivity index (χ2v) is 43.2. The van der Waals surface area contributed by atoms with Gasteiger partial charge in [-0.15, -0.1) is 12.8 Å². The van der Waals surface area contributed by atoms with Gasteiger partial charge in [0, 0.05) is 22.5 Å². The molecule has 0 heterocycles. The first kappa shape index (κ1) is 64.1. The third-order valence-electron chi connectivity index (χ3n) is 12.0. The minimum absolute atomic E-state index is 0.103. The fourth-order valence-electron chi connectivity index (χ4n) is 7.03. The summed E-state index contributed by atoms with van der Waals surface area (Å²) < 4.78 is 21.0. The maximum atomic E-state index is 13.0. The van der Waals surface area contributed by atoms with Crippen LogP contribution in [0.3, 0.4) is 0 Å². The van der Waals surface area contributed by atoms with Gasteiger partial charge in [-0.25, -0.2) is 19.2 Å². The van der Waals surface area contributed by atoms with E-state index in [-0.39, 0.29) is 36.2 Å². The predicted octanol–water partition coefficient (Wildman–Crippen LogP) is 10.4. The van der Waals surface area contributed by atoms with Gasteiger partial charge in [-0.3, -0.25) is 9.59 Å². The maximum Gasteiger partial charge on any atom is 0.347 e. The summed E-state index contributed by atoms with van der Waals surface area (Å²) in [6.07, 6.45) is 3.65. The highest BCUT2D eigenvalue weighted by Gasteiger charge is 2.26. The van der Waals surface area contributed by atoms with Crippen molar-refractivity contribution in [3.63, 3.8) is 0 Å². The van der Waals surface area contributed by atoms with Crippen LogP contribution in [-0.4, -0.2) is 90.4 Å². The Balaban J connectivity index is 0.000000343. The van der Waals surface area contributed by atoms with Crippen molar-refractivity contribution in [3.05, 3.63) is 179 Å². The molecule has 0 fully saturated rings. The molecule has 0 saturated carbocycles. The number of hydrogen-bond acceptors (Lipinski definition) is 10. The Morgan fingerprint density at radius 2 is 0.797 bits per heavy atom. The summed E-state index contributed by atoms with van der Waals surface area (Å²) >= 11 is 0. The van der Waals surface area contributed by atoms with E-state index in [4.69, 9.17) is 25.8 Å². The molecule has 0 aliphatic rings. The Kier molecular flexibility index (Phi) is 23.9. The van der Waals surface area contributed by atoms with Crippen LogP contribution in [0.1, 0.15) is 67.8 Å². The third-order valence-corrected chi connectivity index (χ3v) is 20.1. The number of amides is 2. The number of carbonyl (C=O) groups excluding carboxylic acids is 5. The molecule has 13 nitrogen and oxygen atoms in total. The summed E-state index contributed by atoms with van der Waals surface area (Å²) in [4.78, 5) is 72.1. The number of terminal acetylenes is 1. The van der Waals surface area contributed by atoms with E-state index < -0.39 is 68.4 Å². The number of carboxylic acids is 1. The minimum Gasteiger partial charge on any atom is -0.478 e. The Hall–Kier alpha value is -7.47. The summed E-state index contributed by atoms with van der Waals surface area (Å²) in [5, 5.41) is 29.1. The van der Waals surface area contributed by atoms with Gasteiger partial charge in [0.25, 0.3) is 11.8 Å². The molecule has 2 atom stereocenters. The average Bonchev–Trinajstić information content (AvgIpc) is 3.40. The topological polar surface area (TPSA) is 195 Å². The average molecular weight is 1140 g/mol. The van der Waals surface area contributed by atoms with Crippen molar-refractivity contribution in [2.24, 2.45) is 0 Å². The molecule has 0 bridgehead atoms. The number of aliphatic hydroxyl groups excluding tert-OH is 1. The third kappa shape index (κ3) is 22.1. The number of ether oxygens (including phenoxy) is 3. The number of benzene rings is 6. The van der Waals surface area contributed by atoms with Gasteiger partial charge >= 0.3 is 23.9 Å². The molecule has 0 aliphatic heterocycles. The standard InChI is InChI=1S/C30H37NO5Si2.C20H27NO3Si2.C10H12O3.C2H2/c1-21(29(33)35-20-22-11-9-8-10-12-22)36-30(34)24-15-13-23(14-16-24)28(32)31-25-17-26(37(2,3)4)19-27(18-25)38(5,6)7;1-25(2,3)17-11-16(12-18(13-17)26(4,5)6)21-19(22)14-7-9-15(10-8-14)20(23)24;1-8(11)10(12)13-7-9-5-3-2-4-6-9;1-2/h8-19,21H,20H2,1-7H3,(H,31,32);7-13H,1-6H3,(H,21,22)(H,23,24);2-6,8,11H,7H2,1H3;1-2H/t21-;;8-;/m0.0./s1/i;;;1D. The van der Waals surface area contributed by atoms with Crippen LogP contribution in [0.4, 0.5) is 11.4 Å². The van der Waals surface area contributed by atoms with Crippen molar-refractivity contribution in [3.8, 4) is 12.8 Å². The quantitative estimate of drug-likeness (QED) is 0.0294. The first-order valence-corrected chi connectivity index (χ1v) is 39.8. The zero-order valence-corrected chi connectivity index (χ0v) is 52.1. The summed E-state index contributed by atoms with van der Waals surface area (Å²) in [5.74, 6) is -3.36. The molecule has 6 aromatic rings. The normalized spacial score (nSPS) is 12.0. The molecule has 0 spiro atoms. The van der Waals surface area contributed by atoms with Gasteiger partial charge in [-0.05, 0) is 97.8 Å². The molecule has 0 radical (unpaired) electrons. The summed E-state index contributed by atoms with van der Waals surface area (Å²) in [6, 6.07) is 43.7. The molecule has 0 saturated heterocycles. The van der Waals surface area contributed by atoms with E-state index in [1.54, 1.807) is 24.3 Å². The molecular formula is C62H78N2O11Si4. The Morgan fingerprint density at radius 3 is 1.10 bits per heavy atom. The summed E-state index contributed by atoms with van der Waals surface area (Å²) in [7, 11) is -6.21. The number of anilines is 2. The summed E-state index contributed by atoms with van der Waals surface area (Å²) in [6.45, 7) is 30.7. The molecule has 0 aliphatic carbocycles.